The van der Waals surface area contributed by atoms with Gasteiger partial charge < -0.3 is 44.5 Å². The monoisotopic (exact) mass is 678 g/mol. The van der Waals surface area contributed by atoms with Crippen LogP contribution < -0.4 is 0 Å². The second-order valence-corrected chi connectivity index (χ2v) is 12.8. The van der Waals surface area contributed by atoms with Crippen molar-refractivity contribution < 1.29 is 58.9 Å². The first-order chi connectivity index (χ1) is 22.2. The molecule has 1 heterocycles. The van der Waals surface area contributed by atoms with E-state index in [4.69, 9.17) is 24.1 Å². The van der Waals surface area contributed by atoms with E-state index in [0.29, 0.717) is 12.8 Å². The summed E-state index contributed by atoms with van der Waals surface area (Å²) in [5, 5.41) is 51.3. The first kappa shape index (κ1) is 42.6. The number of rotatable bonds is 20. The molecule has 5 N–H and O–H groups in total. The average Bonchev–Trinajstić information content (AvgIpc) is 3.03. The van der Waals surface area contributed by atoms with E-state index < -0.39 is 72.0 Å². The van der Waals surface area contributed by atoms with E-state index in [1.165, 1.54) is 45.1 Å². The highest BCUT2D eigenvalue weighted by molar-refractivity contribution is 5.89. The van der Waals surface area contributed by atoms with E-state index in [2.05, 4.69) is 19.7 Å². The van der Waals surface area contributed by atoms with Crippen molar-refractivity contribution in [3.8, 4) is 0 Å². The summed E-state index contributed by atoms with van der Waals surface area (Å²) in [7, 11) is 0. The van der Waals surface area contributed by atoms with Crippen molar-refractivity contribution in [2.45, 2.75) is 128 Å². The number of carbonyl (C=O) groups is 3. The fraction of sp³-hybridized carbons (Fsp3) is 0.583. The van der Waals surface area contributed by atoms with Gasteiger partial charge >= 0.3 is 17.9 Å². The minimum atomic E-state index is -1.72. The van der Waals surface area contributed by atoms with E-state index >= 15 is 0 Å². The van der Waals surface area contributed by atoms with Gasteiger partial charge in [-0.3, -0.25) is 0 Å². The number of esters is 2. The third-order valence-corrected chi connectivity index (χ3v) is 8.25. The molecule has 1 fully saturated rings. The zero-order chi connectivity index (χ0) is 36.9. The summed E-state index contributed by atoms with van der Waals surface area (Å²) in [6.07, 6.45) is 3.01. The Balaban J connectivity index is 3.37. The molecule has 270 valence electrons. The molecule has 8 atom stereocenters. The summed E-state index contributed by atoms with van der Waals surface area (Å²) in [5.74, 6) is -2.75. The summed E-state index contributed by atoms with van der Waals surface area (Å²) in [5.41, 5.74) is -3.00. The number of carbonyl (C=O) groups excluding carboxylic acids is 2. The second kappa shape index (κ2) is 19.0. The van der Waals surface area contributed by atoms with Crippen LogP contribution in [0, 0.1) is 0 Å². The minimum absolute atomic E-state index is 0.138. The molecule has 12 heteroatoms. The van der Waals surface area contributed by atoms with Crippen molar-refractivity contribution >= 4 is 17.9 Å². The molecule has 0 aliphatic carbocycles. The molecule has 1 saturated heterocycles. The van der Waals surface area contributed by atoms with Gasteiger partial charge in [0.15, 0.2) is 18.5 Å². The predicted octanol–water partition coefficient (Wildman–Crippen LogP) is 3.99. The number of aliphatic hydroxyl groups is 4. The Morgan fingerprint density at radius 1 is 0.750 bits per heavy atom. The number of allylic oxidation sites excluding steroid dienone is 3. The molecule has 0 unspecified atom stereocenters. The molecular weight excluding hydrogens is 624 g/mol. The van der Waals surface area contributed by atoms with Gasteiger partial charge in [0.05, 0.1) is 23.4 Å². The molecule has 0 bridgehead atoms. The fourth-order valence-corrected chi connectivity index (χ4v) is 4.52. The number of aliphatic carboxylic acids is 1. The quantitative estimate of drug-likeness (QED) is 0.0709. The van der Waals surface area contributed by atoms with Crippen LogP contribution in [0.1, 0.15) is 80.1 Å². The number of ether oxygens (including phenoxy) is 4. The van der Waals surface area contributed by atoms with E-state index in [1.54, 1.807) is 32.9 Å². The maximum Gasteiger partial charge on any atom is 0.333 e. The molecule has 0 aromatic rings. The van der Waals surface area contributed by atoms with Crippen LogP contribution in [0.25, 0.3) is 0 Å². The van der Waals surface area contributed by atoms with Gasteiger partial charge in [-0.25, -0.2) is 14.4 Å². The SMILES string of the molecule is C=C[C@](C)(O)CC/C=C(\C)C(=O)O[C@@H]1[C@@H](O)[C@H](O[C@](C)(C=C)CC/C=C(\C)C(=O)O)O[C@H](CO)[C@H]1OC(=O)/C(C)=C/CC[C@@](C)(O)C=C. The summed E-state index contributed by atoms with van der Waals surface area (Å²) in [6, 6.07) is 0. The fourth-order valence-electron chi connectivity index (χ4n) is 4.52. The van der Waals surface area contributed by atoms with Crippen molar-refractivity contribution in [3.05, 3.63) is 72.9 Å². The van der Waals surface area contributed by atoms with Crippen molar-refractivity contribution in [2.75, 3.05) is 6.61 Å². The summed E-state index contributed by atoms with van der Waals surface area (Å²) >= 11 is 0. The average molecular weight is 679 g/mol. The topological polar surface area (TPSA) is 189 Å². The molecule has 0 aromatic heterocycles. The van der Waals surface area contributed by atoms with Crippen LogP contribution in [0.2, 0.25) is 0 Å². The zero-order valence-corrected chi connectivity index (χ0v) is 29.0. The van der Waals surface area contributed by atoms with Crippen LogP contribution in [0.5, 0.6) is 0 Å². The lowest BCUT2D eigenvalue weighted by molar-refractivity contribution is -0.322. The van der Waals surface area contributed by atoms with E-state index in [0.717, 1.165) is 0 Å². The Hall–Kier alpha value is -3.39. The maximum absolute atomic E-state index is 13.2. The molecule has 12 nitrogen and oxygen atoms in total. The Labute approximate surface area is 283 Å². The van der Waals surface area contributed by atoms with Crippen LogP contribution in [0.15, 0.2) is 72.9 Å². The molecule has 0 amide bonds. The molecule has 1 aliphatic rings. The Morgan fingerprint density at radius 2 is 1.19 bits per heavy atom. The van der Waals surface area contributed by atoms with Gasteiger partial charge in [-0.15, -0.1) is 19.7 Å². The molecular formula is C36H54O12. The van der Waals surface area contributed by atoms with E-state index in [9.17, 15) is 34.8 Å². The lowest BCUT2D eigenvalue weighted by Crippen LogP contribution is -2.62. The first-order valence-corrected chi connectivity index (χ1v) is 15.9. The first-order valence-electron chi connectivity index (χ1n) is 15.9. The van der Waals surface area contributed by atoms with E-state index in [-0.39, 0.29) is 42.4 Å². The summed E-state index contributed by atoms with van der Waals surface area (Å²) in [4.78, 5) is 37.6. The molecule has 48 heavy (non-hydrogen) atoms. The lowest BCUT2D eigenvalue weighted by atomic mass is 9.96. The van der Waals surface area contributed by atoms with Crippen molar-refractivity contribution in [1.29, 1.82) is 0 Å². The lowest BCUT2D eigenvalue weighted by Gasteiger charge is -2.45. The summed E-state index contributed by atoms with van der Waals surface area (Å²) < 4.78 is 23.3. The number of hydrogen-bond donors (Lipinski definition) is 5. The zero-order valence-electron chi connectivity index (χ0n) is 29.0. The smallest absolute Gasteiger partial charge is 0.333 e. The van der Waals surface area contributed by atoms with Crippen LogP contribution in [0.3, 0.4) is 0 Å². The molecule has 1 aliphatic heterocycles. The molecule has 0 aromatic carbocycles. The van der Waals surface area contributed by atoms with Gasteiger partial charge in [0, 0.05) is 16.7 Å². The highest BCUT2D eigenvalue weighted by Crippen LogP contribution is 2.32. The standard InChI is InChI=1S/C36H54O12/c1-10-34(7,43)19-13-17-24(5)31(41)46-28-26(22-37)45-33(48-36(9,12-3)21-15-16-23(4)30(39)40)27(38)29(28)47-32(42)25(6)18-14-20-35(8,44)11-2/h10-12,16-18,26-29,33,37-38,43-44H,1-3,13-15,19-22H2,4-9H3,(H,39,40)/b23-16+,24-17+,25-18+/t26-,27-,28-,29-,33+,34+,35+,36-/m1/s1. The number of hydrogen-bond acceptors (Lipinski definition) is 11. The Morgan fingerprint density at radius 3 is 1.60 bits per heavy atom. The van der Waals surface area contributed by atoms with E-state index in [1.807, 2.05) is 0 Å². The predicted molar refractivity (Wildman–Crippen MR) is 179 cm³/mol. The largest absolute Gasteiger partial charge is 0.478 e. The molecule has 1 rings (SSSR count). The van der Waals surface area contributed by atoms with Crippen LogP contribution >= 0.6 is 0 Å². The Kier molecular flexibility index (Phi) is 16.8. The highest BCUT2D eigenvalue weighted by Gasteiger charge is 2.51. The van der Waals surface area contributed by atoms with Crippen molar-refractivity contribution in [1.82, 2.24) is 0 Å². The third-order valence-electron chi connectivity index (χ3n) is 8.25. The Bertz CT molecular complexity index is 1240. The van der Waals surface area contributed by atoms with Gasteiger partial charge in [-0.2, -0.15) is 0 Å². The van der Waals surface area contributed by atoms with Crippen molar-refractivity contribution in [3.63, 3.8) is 0 Å². The highest BCUT2D eigenvalue weighted by atomic mass is 16.7. The van der Waals surface area contributed by atoms with Gasteiger partial charge in [0.1, 0.15) is 12.2 Å². The number of aliphatic hydroxyl groups excluding tert-OH is 2. The normalized spacial score (nSPS) is 25.9. The van der Waals surface area contributed by atoms with Gasteiger partial charge in [0.25, 0.3) is 0 Å². The van der Waals surface area contributed by atoms with Gasteiger partial charge in [-0.05, 0) is 80.1 Å². The van der Waals surface area contributed by atoms with Gasteiger partial charge in [-0.1, -0.05) is 36.5 Å². The number of carboxylic acids is 1. The molecule has 0 spiro atoms. The van der Waals surface area contributed by atoms with Gasteiger partial charge in [0.2, 0.25) is 0 Å². The third kappa shape index (κ3) is 13.6. The maximum atomic E-state index is 13.2. The van der Waals surface area contributed by atoms with Crippen LogP contribution in [-0.2, 0) is 33.3 Å². The van der Waals surface area contributed by atoms with Crippen LogP contribution in [-0.4, -0.2) is 97.6 Å². The second-order valence-electron chi connectivity index (χ2n) is 12.8. The molecule has 0 radical (unpaired) electrons. The van der Waals surface area contributed by atoms with Crippen LogP contribution in [0.4, 0.5) is 0 Å². The summed E-state index contributed by atoms with van der Waals surface area (Å²) in [6.45, 7) is 19.5. The molecule has 0 saturated carbocycles. The minimum Gasteiger partial charge on any atom is -0.478 e. The van der Waals surface area contributed by atoms with Crippen molar-refractivity contribution in [2.24, 2.45) is 0 Å². The number of carboxylic acid groups (broad SMARTS) is 1.